The quantitative estimate of drug-likeness (QED) is 0.698. The largest absolute Gasteiger partial charge is 0.507 e. The van der Waals surface area contributed by atoms with Crippen LogP contribution in [0.1, 0.15) is 54.1 Å². The number of aromatic hydroxyl groups is 1. The Morgan fingerprint density at radius 1 is 1.21 bits per heavy atom. The first-order chi connectivity index (χ1) is 13.8. The van der Waals surface area contributed by atoms with Gasteiger partial charge in [0, 0.05) is 18.8 Å². The zero-order valence-electron chi connectivity index (χ0n) is 17.0. The van der Waals surface area contributed by atoms with Crippen molar-refractivity contribution in [2.75, 3.05) is 18.4 Å². The number of benzene rings is 2. The lowest BCUT2D eigenvalue weighted by Gasteiger charge is -2.31. The normalized spacial score (nSPS) is 17.3. The van der Waals surface area contributed by atoms with Crippen LogP contribution in [0.2, 0.25) is 0 Å². The molecule has 2 amide bonds. The Balaban J connectivity index is 1.63. The number of piperidine rings is 1. The third kappa shape index (κ3) is 5.35. The summed E-state index contributed by atoms with van der Waals surface area (Å²) in [6.45, 7) is 6.48. The van der Waals surface area contributed by atoms with Crippen LogP contribution in [0.4, 0.5) is 5.69 Å². The molecule has 1 saturated heterocycles. The average molecular weight is 396 g/mol. The maximum atomic E-state index is 12.6. The number of primary amides is 1. The lowest BCUT2D eigenvalue weighted by atomic mass is 9.97. The van der Waals surface area contributed by atoms with E-state index in [9.17, 15) is 14.7 Å². The topological polar surface area (TPSA) is 95.7 Å². The summed E-state index contributed by atoms with van der Waals surface area (Å²) < 4.78 is 0. The average Bonchev–Trinajstić information content (AvgIpc) is 2.69. The zero-order valence-corrected chi connectivity index (χ0v) is 17.0. The van der Waals surface area contributed by atoms with Crippen LogP contribution in [0.25, 0.3) is 0 Å². The number of rotatable bonds is 6. The van der Waals surface area contributed by atoms with E-state index >= 15 is 0 Å². The molecule has 0 bridgehead atoms. The van der Waals surface area contributed by atoms with Crippen LogP contribution >= 0.6 is 0 Å². The SMILES string of the molecule is CC(C)c1ccc(O)c(C(=O)Nc2ccc(CN3CCCC(C(N)=O)C3)cc2)c1. The Morgan fingerprint density at radius 2 is 1.93 bits per heavy atom. The lowest BCUT2D eigenvalue weighted by molar-refractivity contribution is -0.123. The van der Waals surface area contributed by atoms with Crippen LogP contribution in [-0.2, 0) is 11.3 Å². The number of nitrogens with zero attached hydrogens (tertiary/aromatic N) is 1. The van der Waals surface area contributed by atoms with Gasteiger partial charge in [-0.2, -0.15) is 0 Å². The van der Waals surface area contributed by atoms with Crippen molar-refractivity contribution in [3.63, 3.8) is 0 Å². The van der Waals surface area contributed by atoms with Crippen molar-refractivity contribution in [3.8, 4) is 5.75 Å². The van der Waals surface area contributed by atoms with Gasteiger partial charge in [0.2, 0.25) is 5.91 Å². The minimum atomic E-state index is -0.335. The minimum Gasteiger partial charge on any atom is -0.507 e. The summed E-state index contributed by atoms with van der Waals surface area (Å²) in [6, 6.07) is 12.8. The first kappa shape index (κ1) is 20.9. The number of carbonyl (C=O) groups is 2. The molecular formula is C23H29N3O3. The van der Waals surface area contributed by atoms with Gasteiger partial charge in [-0.3, -0.25) is 14.5 Å². The van der Waals surface area contributed by atoms with Crippen molar-refractivity contribution in [3.05, 3.63) is 59.2 Å². The molecule has 0 spiro atoms. The highest BCUT2D eigenvalue weighted by molar-refractivity contribution is 6.06. The Labute approximate surface area is 171 Å². The van der Waals surface area contributed by atoms with Crippen LogP contribution in [0.5, 0.6) is 5.75 Å². The molecule has 2 aromatic rings. The third-order valence-electron chi connectivity index (χ3n) is 5.46. The fraction of sp³-hybridized carbons (Fsp3) is 0.391. The van der Waals surface area contributed by atoms with Gasteiger partial charge in [0.25, 0.3) is 5.91 Å². The van der Waals surface area contributed by atoms with Crippen LogP contribution < -0.4 is 11.1 Å². The molecule has 0 saturated carbocycles. The van der Waals surface area contributed by atoms with Crippen LogP contribution in [0, 0.1) is 5.92 Å². The van der Waals surface area contributed by atoms with E-state index in [0.717, 1.165) is 37.1 Å². The Morgan fingerprint density at radius 3 is 2.59 bits per heavy atom. The molecule has 6 heteroatoms. The molecule has 1 heterocycles. The van der Waals surface area contributed by atoms with Crippen molar-refractivity contribution in [2.24, 2.45) is 11.7 Å². The molecule has 1 aliphatic rings. The van der Waals surface area contributed by atoms with E-state index in [1.165, 1.54) is 0 Å². The minimum absolute atomic E-state index is 0.0300. The Kier molecular flexibility index (Phi) is 6.54. The van der Waals surface area contributed by atoms with Gasteiger partial charge in [0.1, 0.15) is 5.75 Å². The molecule has 6 nitrogen and oxygen atoms in total. The predicted molar refractivity (Wildman–Crippen MR) is 114 cm³/mol. The fourth-order valence-electron chi connectivity index (χ4n) is 3.68. The van der Waals surface area contributed by atoms with E-state index < -0.39 is 0 Å². The number of hydrogen-bond donors (Lipinski definition) is 3. The van der Waals surface area contributed by atoms with E-state index in [0.29, 0.717) is 12.2 Å². The number of amides is 2. The van der Waals surface area contributed by atoms with E-state index in [4.69, 9.17) is 5.73 Å². The van der Waals surface area contributed by atoms with Gasteiger partial charge in [-0.05, 0) is 60.7 Å². The van der Waals surface area contributed by atoms with Crippen LogP contribution in [0.15, 0.2) is 42.5 Å². The monoisotopic (exact) mass is 395 g/mol. The van der Waals surface area contributed by atoms with Crippen molar-refractivity contribution < 1.29 is 14.7 Å². The molecule has 4 N–H and O–H groups in total. The van der Waals surface area contributed by atoms with Crippen molar-refractivity contribution >= 4 is 17.5 Å². The molecule has 0 aromatic heterocycles. The predicted octanol–water partition coefficient (Wildman–Crippen LogP) is 3.47. The number of likely N-dealkylation sites (tertiary alicyclic amines) is 1. The summed E-state index contributed by atoms with van der Waals surface area (Å²) in [4.78, 5) is 26.3. The van der Waals surface area contributed by atoms with E-state index in [1.54, 1.807) is 12.1 Å². The standard InChI is InChI=1S/C23H29N3O3/c1-15(2)17-7-10-21(27)20(12-17)23(29)25-19-8-5-16(6-9-19)13-26-11-3-4-18(14-26)22(24)28/h5-10,12,15,18,27H,3-4,11,13-14H2,1-2H3,(H2,24,28)(H,25,29). The van der Waals surface area contributed by atoms with Gasteiger partial charge < -0.3 is 16.2 Å². The number of anilines is 1. The van der Waals surface area contributed by atoms with Gasteiger partial charge >= 0.3 is 0 Å². The summed E-state index contributed by atoms with van der Waals surface area (Å²) in [7, 11) is 0. The zero-order chi connectivity index (χ0) is 21.0. The number of phenols is 1. The van der Waals surface area contributed by atoms with E-state index in [1.807, 2.05) is 44.2 Å². The number of carbonyl (C=O) groups excluding carboxylic acids is 2. The first-order valence-corrected chi connectivity index (χ1v) is 10.1. The molecular weight excluding hydrogens is 366 g/mol. The molecule has 3 rings (SSSR count). The highest BCUT2D eigenvalue weighted by Crippen LogP contribution is 2.25. The molecule has 1 fully saturated rings. The summed E-state index contributed by atoms with van der Waals surface area (Å²) in [6.07, 6.45) is 1.84. The van der Waals surface area contributed by atoms with Crippen LogP contribution in [-0.4, -0.2) is 34.9 Å². The summed E-state index contributed by atoms with van der Waals surface area (Å²) in [5.41, 5.74) is 8.50. The molecule has 0 radical (unpaired) electrons. The molecule has 154 valence electrons. The fourth-order valence-corrected chi connectivity index (χ4v) is 3.68. The van der Waals surface area contributed by atoms with Crippen molar-refractivity contribution in [1.82, 2.24) is 4.90 Å². The number of nitrogens with one attached hydrogen (secondary N) is 1. The van der Waals surface area contributed by atoms with E-state index in [2.05, 4.69) is 10.2 Å². The summed E-state index contributed by atoms with van der Waals surface area (Å²) in [5, 5.41) is 12.9. The number of hydrogen-bond acceptors (Lipinski definition) is 4. The van der Waals surface area contributed by atoms with Gasteiger partial charge in [0.05, 0.1) is 11.5 Å². The van der Waals surface area contributed by atoms with Gasteiger partial charge in [0.15, 0.2) is 0 Å². The lowest BCUT2D eigenvalue weighted by Crippen LogP contribution is -2.40. The van der Waals surface area contributed by atoms with E-state index in [-0.39, 0.29) is 35.0 Å². The summed E-state index contributed by atoms with van der Waals surface area (Å²) >= 11 is 0. The van der Waals surface area contributed by atoms with Gasteiger partial charge in [-0.1, -0.05) is 32.0 Å². The smallest absolute Gasteiger partial charge is 0.259 e. The molecule has 0 aliphatic carbocycles. The maximum Gasteiger partial charge on any atom is 0.259 e. The third-order valence-corrected chi connectivity index (χ3v) is 5.46. The molecule has 1 aliphatic heterocycles. The second-order valence-electron chi connectivity index (χ2n) is 8.06. The Bertz CT molecular complexity index is 877. The molecule has 2 aromatic carbocycles. The first-order valence-electron chi connectivity index (χ1n) is 10.1. The number of phenolic OH excluding ortho intramolecular Hbond substituents is 1. The number of nitrogens with two attached hydrogens (primary N) is 1. The molecule has 1 atom stereocenters. The Hall–Kier alpha value is -2.86. The second-order valence-corrected chi connectivity index (χ2v) is 8.06. The molecule has 1 unspecified atom stereocenters. The van der Waals surface area contributed by atoms with Crippen molar-refractivity contribution in [2.45, 2.75) is 39.2 Å². The van der Waals surface area contributed by atoms with Crippen molar-refractivity contribution in [1.29, 1.82) is 0 Å². The maximum absolute atomic E-state index is 12.6. The van der Waals surface area contributed by atoms with Gasteiger partial charge in [-0.15, -0.1) is 0 Å². The highest BCUT2D eigenvalue weighted by atomic mass is 16.3. The van der Waals surface area contributed by atoms with Crippen LogP contribution in [0.3, 0.4) is 0 Å². The van der Waals surface area contributed by atoms with Gasteiger partial charge in [-0.25, -0.2) is 0 Å². The summed E-state index contributed by atoms with van der Waals surface area (Å²) in [5.74, 6) is -0.393. The highest BCUT2D eigenvalue weighted by Gasteiger charge is 2.23. The molecule has 29 heavy (non-hydrogen) atoms. The second kappa shape index (κ2) is 9.09.